The van der Waals surface area contributed by atoms with Gasteiger partial charge in [-0.25, -0.2) is 0 Å². The van der Waals surface area contributed by atoms with Gasteiger partial charge in [0.15, 0.2) is 5.00 Å². The second-order valence-corrected chi connectivity index (χ2v) is 5.94. The molecule has 0 spiro atoms. The number of hydrogen-bond acceptors (Lipinski definition) is 4. The molecule has 1 amide bonds. The predicted molar refractivity (Wildman–Crippen MR) is 86.6 cm³/mol. The molecule has 6 heteroatoms. The Bertz CT molecular complexity index is 620. The molecule has 0 radical (unpaired) electrons. The van der Waals surface area contributed by atoms with Gasteiger partial charge >= 0.3 is 0 Å². The number of benzene rings is 1. The summed E-state index contributed by atoms with van der Waals surface area (Å²) >= 11 is 3.44. The Labute approximate surface area is 127 Å². The van der Waals surface area contributed by atoms with E-state index in [9.17, 15) is 9.70 Å². The summed E-state index contributed by atoms with van der Waals surface area (Å²) in [5.74, 6) is -0.213. The van der Waals surface area contributed by atoms with Crippen molar-refractivity contribution in [2.45, 2.75) is 0 Å². The minimum absolute atomic E-state index is 0.213. The van der Waals surface area contributed by atoms with Crippen LogP contribution in [0.3, 0.4) is 0 Å². The first-order chi connectivity index (χ1) is 9.17. The van der Waals surface area contributed by atoms with E-state index in [1.54, 1.807) is 18.2 Å². The van der Waals surface area contributed by atoms with Crippen molar-refractivity contribution in [2.24, 2.45) is 5.18 Å². The number of anilines is 1. The highest BCUT2D eigenvalue weighted by molar-refractivity contribution is 14.1. The molecule has 1 heterocycles. The van der Waals surface area contributed by atoms with Crippen LogP contribution in [0.25, 0.3) is 6.08 Å². The van der Waals surface area contributed by atoms with Crippen LogP contribution in [0.4, 0.5) is 10.7 Å². The van der Waals surface area contributed by atoms with Crippen LogP contribution >= 0.6 is 33.9 Å². The van der Waals surface area contributed by atoms with E-state index in [0.717, 1.165) is 14.1 Å². The van der Waals surface area contributed by atoms with Crippen molar-refractivity contribution in [3.05, 3.63) is 55.8 Å². The number of amides is 1. The average molecular weight is 384 g/mol. The quantitative estimate of drug-likeness (QED) is 0.483. The first kappa shape index (κ1) is 13.9. The van der Waals surface area contributed by atoms with Crippen LogP contribution in [-0.4, -0.2) is 5.91 Å². The zero-order valence-electron chi connectivity index (χ0n) is 9.67. The fourth-order valence-corrected chi connectivity index (χ4v) is 2.40. The van der Waals surface area contributed by atoms with Crippen molar-refractivity contribution in [2.75, 3.05) is 5.32 Å². The number of carbonyl (C=O) groups is 1. The summed E-state index contributed by atoms with van der Waals surface area (Å²) in [6.45, 7) is 0. The number of carbonyl (C=O) groups excluding carboxylic acids is 1. The standard InChI is InChI=1S/C13H9IN2O2S/c14-9-1-3-10(4-2-9)15-12(17)7-5-11-6-8-13(16-18)19-11/h1-8H,(H,15,17)/b7-5+. The van der Waals surface area contributed by atoms with Gasteiger partial charge in [0.1, 0.15) is 0 Å². The van der Waals surface area contributed by atoms with Crippen molar-refractivity contribution >= 4 is 56.6 Å². The lowest BCUT2D eigenvalue weighted by atomic mass is 10.3. The third-order valence-corrected chi connectivity index (χ3v) is 3.86. The summed E-state index contributed by atoms with van der Waals surface area (Å²) < 4.78 is 1.11. The van der Waals surface area contributed by atoms with Crippen LogP contribution < -0.4 is 5.32 Å². The Morgan fingerprint density at radius 2 is 1.95 bits per heavy atom. The maximum atomic E-state index is 11.7. The monoisotopic (exact) mass is 384 g/mol. The maximum absolute atomic E-state index is 11.7. The second-order valence-electron chi connectivity index (χ2n) is 3.60. The van der Waals surface area contributed by atoms with E-state index in [1.807, 2.05) is 24.3 Å². The summed E-state index contributed by atoms with van der Waals surface area (Å²) in [7, 11) is 0. The van der Waals surface area contributed by atoms with Crippen LogP contribution in [0.5, 0.6) is 0 Å². The summed E-state index contributed by atoms with van der Waals surface area (Å²) in [5.41, 5.74) is 0.747. The fourth-order valence-electron chi connectivity index (χ4n) is 1.36. The van der Waals surface area contributed by atoms with Gasteiger partial charge in [0.25, 0.3) is 0 Å². The number of nitrogens with zero attached hydrogens (tertiary/aromatic N) is 1. The highest BCUT2D eigenvalue weighted by atomic mass is 127. The van der Waals surface area contributed by atoms with Gasteiger partial charge in [0.2, 0.25) is 5.91 Å². The molecule has 2 aromatic rings. The molecule has 0 bridgehead atoms. The molecule has 0 fully saturated rings. The number of nitroso groups, excluding NO2 is 1. The van der Waals surface area contributed by atoms with Gasteiger partial charge in [0, 0.05) is 20.2 Å². The Morgan fingerprint density at radius 1 is 1.21 bits per heavy atom. The minimum Gasteiger partial charge on any atom is -0.323 e. The summed E-state index contributed by atoms with van der Waals surface area (Å²) in [6.07, 6.45) is 3.08. The molecule has 0 aliphatic heterocycles. The number of hydrogen-bond donors (Lipinski definition) is 1. The van der Waals surface area contributed by atoms with Crippen LogP contribution in [0.2, 0.25) is 0 Å². The van der Waals surface area contributed by atoms with E-state index >= 15 is 0 Å². The Kier molecular flexibility index (Phi) is 4.80. The molecule has 0 unspecified atom stereocenters. The first-order valence-corrected chi connectivity index (χ1v) is 7.25. The molecule has 0 aliphatic carbocycles. The van der Waals surface area contributed by atoms with Gasteiger partial charge in [-0.15, -0.1) is 16.2 Å². The molecule has 96 valence electrons. The van der Waals surface area contributed by atoms with Gasteiger partial charge in [0.05, 0.1) is 0 Å². The van der Waals surface area contributed by atoms with E-state index in [0.29, 0.717) is 5.00 Å². The van der Waals surface area contributed by atoms with Crippen molar-refractivity contribution in [1.82, 2.24) is 0 Å². The highest BCUT2D eigenvalue weighted by Gasteiger charge is 1.99. The lowest BCUT2D eigenvalue weighted by Gasteiger charge is -2.01. The van der Waals surface area contributed by atoms with Gasteiger partial charge in [-0.2, -0.15) is 0 Å². The van der Waals surface area contributed by atoms with Crippen molar-refractivity contribution in [3.63, 3.8) is 0 Å². The lowest BCUT2D eigenvalue weighted by Crippen LogP contribution is -2.07. The molecule has 0 saturated carbocycles. The number of nitrogens with one attached hydrogen (secondary N) is 1. The second kappa shape index (κ2) is 6.58. The smallest absolute Gasteiger partial charge is 0.248 e. The summed E-state index contributed by atoms with van der Waals surface area (Å²) in [6, 6.07) is 10.9. The van der Waals surface area contributed by atoms with Crippen LogP contribution in [0.15, 0.2) is 47.7 Å². The SMILES string of the molecule is O=Nc1ccc(/C=C/C(=O)Nc2ccc(I)cc2)s1. The zero-order valence-corrected chi connectivity index (χ0v) is 12.6. The Balaban J connectivity index is 1.97. The molecule has 0 aliphatic rings. The molecule has 2 rings (SSSR count). The first-order valence-electron chi connectivity index (χ1n) is 5.35. The normalized spacial score (nSPS) is 10.6. The summed E-state index contributed by atoms with van der Waals surface area (Å²) in [4.78, 5) is 22.8. The molecule has 1 N–H and O–H groups in total. The molecular formula is C13H9IN2O2S. The lowest BCUT2D eigenvalue weighted by molar-refractivity contribution is -0.111. The number of thiophene rings is 1. The van der Waals surface area contributed by atoms with Gasteiger partial charge in [-0.3, -0.25) is 4.79 Å². The molecule has 1 aromatic heterocycles. The third-order valence-electron chi connectivity index (χ3n) is 2.21. The van der Waals surface area contributed by atoms with E-state index < -0.39 is 0 Å². The van der Waals surface area contributed by atoms with E-state index in [1.165, 1.54) is 17.4 Å². The highest BCUT2D eigenvalue weighted by Crippen LogP contribution is 2.25. The number of rotatable bonds is 4. The average Bonchev–Trinajstić information content (AvgIpc) is 2.87. The molecule has 4 nitrogen and oxygen atoms in total. The zero-order chi connectivity index (χ0) is 13.7. The molecule has 0 saturated heterocycles. The Hall–Kier alpha value is -1.54. The fraction of sp³-hybridized carbons (Fsp3) is 0. The minimum atomic E-state index is -0.213. The largest absolute Gasteiger partial charge is 0.323 e. The van der Waals surface area contributed by atoms with Crippen molar-refractivity contribution < 1.29 is 4.79 Å². The van der Waals surface area contributed by atoms with Gasteiger partial charge < -0.3 is 5.32 Å². The van der Waals surface area contributed by atoms with Crippen LogP contribution in [0.1, 0.15) is 4.88 Å². The van der Waals surface area contributed by atoms with Gasteiger partial charge in [-0.1, -0.05) is 0 Å². The summed E-state index contributed by atoms with van der Waals surface area (Å²) in [5, 5.41) is 5.98. The van der Waals surface area contributed by atoms with Crippen molar-refractivity contribution in [1.29, 1.82) is 0 Å². The predicted octanol–water partition coefficient (Wildman–Crippen LogP) is 4.40. The number of halogens is 1. The van der Waals surface area contributed by atoms with Gasteiger partial charge in [-0.05, 0) is 70.2 Å². The van der Waals surface area contributed by atoms with E-state index in [-0.39, 0.29) is 5.91 Å². The van der Waals surface area contributed by atoms with Crippen molar-refractivity contribution in [3.8, 4) is 0 Å². The Morgan fingerprint density at radius 3 is 2.58 bits per heavy atom. The molecular weight excluding hydrogens is 375 g/mol. The maximum Gasteiger partial charge on any atom is 0.248 e. The van der Waals surface area contributed by atoms with E-state index in [2.05, 4.69) is 33.1 Å². The van der Waals surface area contributed by atoms with Crippen LogP contribution in [0, 0.1) is 8.48 Å². The third kappa shape index (κ3) is 4.25. The molecule has 19 heavy (non-hydrogen) atoms. The van der Waals surface area contributed by atoms with Crippen LogP contribution in [-0.2, 0) is 4.79 Å². The van der Waals surface area contributed by atoms with E-state index in [4.69, 9.17) is 0 Å². The topological polar surface area (TPSA) is 58.5 Å². The molecule has 1 aromatic carbocycles. The molecule has 0 atom stereocenters.